The van der Waals surface area contributed by atoms with E-state index in [1.165, 1.54) is 5.56 Å². The van der Waals surface area contributed by atoms with Crippen molar-refractivity contribution in [3.63, 3.8) is 0 Å². The van der Waals surface area contributed by atoms with Crippen molar-refractivity contribution in [1.29, 1.82) is 5.26 Å². The molecule has 174 valence electrons. The number of nitrogens with zero attached hydrogens (tertiary/aromatic N) is 1. The molecule has 0 spiro atoms. The van der Waals surface area contributed by atoms with Gasteiger partial charge in [0.1, 0.15) is 24.0 Å². The first kappa shape index (κ1) is 22.1. The first-order chi connectivity index (χ1) is 17.0. The Morgan fingerprint density at radius 3 is 2.60 bits per heavy atom. The highest BCUT2D eigenvalue weighted by Crippen LogP contribution is 2.44. The predicted octanol–water partition coefficient (Wildman–Crippen LogP) is 4.64. The third-order valence-corrected chi connectivity index (χ3v) is 6.12. The van der Waals surface area contributed by atoms with E-state index < -0.39 is 5.92 Å². The van der Waals surface area contributed by atoms with Crippen LogP contribution in [0.5, 0.6) is 17.2 Å². The number of aromatic amines is 1. The maximum atomic E-state index is 13.2. The van der Waals surface area contributed by atoms with Gasteiger partial charge in [0.05, 0.1) is 24.1 Å². The molecule has 0 aliphatic carbocycles. The molecule has 7 heteroatoms. The summed E-state index contributed by atoms with van der Waals surface area (Å²) < 4.78 is 17.4. The number of hydrogen-bond acceptors (Lipinski definition) is 6. The molecule has 0 fully saturated rings. The molecule has 0 amide bonds. The molecule has 3 aromatic carbocycles. The Hall–Kier alpha value is -4.70. The molecule has 5 rings (SSSR count). The van der Waals surface area contributed by atoms with Gasteiger partial charge in [-0.3, -0.25) is 4.79 Å². The number of fused-ring (bicyclic) bond motifs is 3. The van der Waals surface area contributed by atoms with Gasteiger partial charge in [0.15, 0.2) is 11.5 Å². The molecule has 0 saturated heterocycles. The Balaban J connectivity index is 1.58. The highest BCUT2D eigenvalue weighted by atomic mass is 16.5. The number of para-hydroxylation sites is 1. The molecule has 2 heterocycles. The zero-order chi connectivity index (χ0) is 24.5. The van der Waals surface area contributed by atoms with Gasteiger partial charge in [0.2, 0.25) is 5.88 Å². The summed E-state index contributed by atoms with van der Waals surface area (Å²) in [5, 5.41) is 10.6. The smallest absolute Gasteiger partial charge is 0.256 e. The van der Waals surface area contributed by atoms with Crippen molar-refractivity contribution in [2.45, 2.75) is 19.4 Å². The number of aromatic nitrogens is 1. The molecule has 1 aromatic heterocycles. The minimum Gasteiger partial charge on any atom is -0.493 e. The first-order valence-electron chi connectivity index (χ1n) is 11.1. The van der Waals surface area contributed by atoms with Crippen LogP contribution in [-0.4, -0.2) is 12.1 Å². The Kier molecular flexibility index (Phi) is 5.63. The summed E-state index contributed by atoms with van der Waals surface area (Å²) in [6.07, 6.45) is 0. The number of nitriles is 1. The van der Waals surface area contributed by atoms with Crippen molar-refractivity contribution >= 4 is 10.9 Å². The largest absolute Gasteiger partial charge is 0.493 e. The summed E-state index contributed by atoms with van der Waals surface area (Å²) in [7, 11) is 1.55. The number of rotatable bonds is 5. The Morgan fingerprint density at radius 2 is 1.86 bits per heavy atom. The summed E-state index contributed by atoms with van der Waals surface area (Å²) in [6.45, 7) is 2.41. The number of nitrogens with two attached hydrogens (primary N) is 1. The third kappa shape index (κ3) is 3.96. The zero-order valence-corrected chi connectivity index (χ0v) is 19.3. The lowest BCUT2D eigenvalue weighted by Gasteiger charge is -2.27. The SMILES string of the molecule is COc1cc(C2C(C#N)=C(N)Oc3c2c(=O)[nH]c2ccccc32)ccc1OCc1ccc(C)cc1. The topological polar surface area (TPSA) is 110 Å². The van der Waals surface area contributed by atoms with E-state index in [4.69, 9.17) is 19.9 Å². The summed E-state index contributed by atoms with van der Waals surface area (Å²) in [6, 6.07) is 22.9. The lowest BCUT2D eigenvalue weighted by molar-refractivity contribution is 0.284. The van der Waals surface area contributed by atoms with Gasteiger partial charge < -0.3 is 24.9 Å². The van der Waals surface area contributed by atoms with Crippen LogP contribution in [0.3, 0.4) is 0 Å². The number of hydrogen-bond donors (Lipinski definition) is 2. The number of allylic oxidation sites excluding steroid dienone is 1. The average Bonchev–Trinajstić information content (AvgIpc) is 2.87. The highest BCUT2D eigenvalue weighted by molar-refractivity contribution is 5.87. The van der Waals surface area contributed by atoms with Crippen molar-refractivity contribution in [3.05, 3.63) is 111 Å². The Morgan fingerprint density at radius 1 is 1.09 bits per heavy atom. The summed E-state index contributed by atoms with van der Waals surface area (Å²) in [5.41, 5.74) is 9.80. The molecule has 1 atom stereocenters. The van der Waals surface area contributed by atoms with E-state index in [0.717, 1.165) is 5.56 Å². The monoisotopic (exact) mass is 465 g/mol. The van der Waals surface area contributed by atoms with E-state index in [0.29, 0.717) is 45.9 Å². The molecule has 35 heavy (non-hydrogen) atoms. The molecule has 1 aliphatic rings. The third-order valence-electron chi connectivity index (χ3n) is 6.12. The zero-order valence-electron chi connectivity index (χ0n) is 19.3. The number of ether oxygens (including phenoxy) is 3. The van der Waals surface area contributed by atoms with E-state index in [2.05, 4.69) is 11.1 Å². The van der Waals surface area contributed by atoms with Crippen molar-refractivity contribution in [3.8, 4) is 23.3 Å². The van der Waals surface area contributed by atoms with Crippen LogP contribution in [0.2, 0.25) is 0 Å². The van der Waals surface area contributed by atoms with Crippen LogP contribution in [0.25, 0.3) is 10.9 Å². The molecule has 1 unspecified atom stereocenters. The quantitative estimate of drug-likeness (QED) is 0.444. The normalized spacial score (nSPS) is 14.7. The lowest BCUT2D eigenvalue weighted by Crippen LogP contribution is -2.27. The minimum absolute atomic E-state index is 0.0283. The van der Waals surface area contributed by atoms with E-state index in [-0.39, 0.29) is 17.0 Å². The average molecular weight is 466 g/mol. The van der Waals surface area contributed by atoms with Gasteiger partial charge in [-0.1, -0.05) is 48.0 Å². The van der Waals surface area contributed by atoms with E-state index in [9.17, 15) is 10.1 Å². The van der Waals surface area contributed by atoms with Gasteiger partial charge in [0, 0.05) is 5.39 Å². The molecule has 0 radical (unpaired) electrons. The Bertz CT molecular complexity index is 1560. The Labute approximate surface area is 202 Å². The van der Waals surface area contributed by atoms with Gasteiger partial charge in [-0.25, -0.2) is 0 Å². The molecule has 0 bridgehead atoms. The van der Waals surface area contributed by atoms with Crippen LogP contribution >= 0.6 is 0 Å². The number of aryl methyl sites for hydroxylation is 1. The standard InChI is InChI=1S/C28H23N3O4/c1-16-7-9-17(10-8-16)15-34-22-12-11-18(13-23(22)33-2)24-20(14-29)27(30)35-26-19-5-3-4-6-21(19)31-28(32)25(24)26/h3-13,24H,15,30H2,1-2H3,(H,31,32). The van der Waals surface area contributed by atoms with Crippen molar-refractivity contribution in [1.82, 2.24) is 4.98 Å². The second kappa shape index (κ2) is 8.92. The van der Waals surface area contributed by atoms with Crippen LogP contribution in [0.15, 0.2) is 83.0 Å². The number of benzene rings is 3. The molecule has 0 saturated carbocycles. The van der Waals surface area contributed by atoms with Gasteiger partial charge in [0.25, 0.3) is 5.56 Å². The van der Waals surface area contributed by atoms with Crippen LogP contribution < -0.4 is 25.5 Å². The fourth-order valence-electron chi connectivity index (χ4n) is 4.33. The van der Waals surface area contributed by atoms with Crippen molar-refractivity contribution < 1.29 is 14.2 Å². The minimum atomic E-state index is -0.725. The maximum absolute atomic E-state index is 13.2. The van der Waals surface area contributed by atoms with Gasteiger partial charge in [-0.15, -0.1) is 0 Å². The molecular formula is C28H23N3O4. The van der Waals surface area contributed by atoms with Crippen molar-refractivity contribution in [2.24, 2.45) is 5.73 Å². The number of H-pyrrole nitrogens is 1. The molecule has 7 nitrogen and oxygen atoms in total. The number of methoxy groups -OCH3 is 1. The van der Waals surface area contributed by atoms with Gasteiger partial charge in [-0.2, -0.15) is 5.26 Å². The molecule has 3 N–H and O–H groups in total. The summed E-state index contributed by atoms with van der Waals surface area (Å²) in [4.78, 5) is 16.1. The number of nitrogens with one attached hydrogen (secondary N) is 1. The number of pyridine rings is 1. The molecule has 1 aliphatic heterocycles. The fourth-order valence-corrected chi connectivity index (χ4v) is 4.33. The predicted molar refractivity (Wildman–Crippen MR) is 132 cm³/mol. The maximum Gasteiger partial charge on any atom is 0.256 e. The lowest BCUT2D eigenvalue weighted by atomic mass is 9.83. The van der Waals surface area contributed by atoms with E-state index >= 15 is 0 Å². The summed E-state index contributed by atoms with van der Waals surface area (Å²) >= 11 is 0. The second-order valence-corrected chi connectivity index (χ2v) is 8.35. The fraction of sp³-hybridized carbons (Fsp3) is 0.143. The van der Waals surface area contributed by atoms with E-state index in [1.807, 2.05) is 55.5 Å². The van der Waals surface area contributed by atoms with Crippen LogP contribution in [0.4, 0.5) is 0 Å². The van der Waals surface area contributed by atoms with Crippen LogP contribution in [-0.2, 0) is 6.61 Å². The van der Waals surface area contributed by atoms with Gasteiger partial charge in [-0.05, 0) is 42.3 Å². The first-order valence-corrected chi connectivity index (χ1v) is 11.1. The summed E-state index contributed by atoms with van der Waals surface area (Å²) in [5.74, 6) is 0.629. The molecule has 4 aromatic rings. The van der Waals surface area contributed by atoms with Crippen LogP contribution in [0.1, 0.15) is 28.2 Å². The molecular weight excluding hydrogens is 442 g/mol. The highest BCUT2D eigenvalue weighted by Gasteiger charge is 2.35. The van der Waals surface area contributed by atoms with Crippen molar-refractivity contribution in [2.75, 3.05) is 7.11 Å². The second-order valence-electron chi connectivity index (χ2n) is 8.35. The van der Waals surface area contributed by atoms with E-state index in [1.54, 1.807) is 25.3 Å². The van der Waals surface area contributed by atoms with Crippen LogP contribution in [0, 0.1) is 18.3 Å². The van der Waals surface area contributed by atoms with Gasteiger partial charge >= 0.3 is 0 Å².